The Morgan fingerprint density at radius 2 is 2.20 bits per heavy atom. The second-order valence-corrected chi connectivity index (χ2v) is 3.37. The largest absolute Gasteiger partial charge is 0.382 e. The van der Waals surface area contributed by atoms with Gasteiger partial charge in [0, 0.05) is 11.8 Å². The van der Waals surface area contributed by atoms with Gasteiger partial charge in [0.05, 0.1) is 5.02 Å². The highest BCUT2D eigenvalue weighted by Crippen LogP contribution is 2.22. The van der Waals surface area contributed by atoms with Crippen molar-refractivity contribution in [2.75, 3.05) is 11.1 Å². The van der Waals surface area contributed by atoms with Crippen LogP contribution in [0.2, 0.25) is 5.02 Å². The number of nitrogens with one attached hydrogen (secondary N) is 2. The van der Waals surface area contributed by atoms with Crippen LogP contribution in [0.5, 0.6) is 0 Å². The second-order valence-electron chi connectivity index (χ2n) is 2.96. The summed E-state index contributed by atoms with van der Waals surface area (Å²) in [5.74, 6) is 0.548. The normalized spacial score (nSPS) is 10.3. The molecule has 6 heteroatoms. The summed E-state index contributed by atoms with van der Waals surface area (Å²) in [6.07, 6.45) is 0. The van der Waals surface area contributed by atoms with Gasteiger partial charge in [-0.15, -0.1) is 0 Å². The molecule has 0 saturated carbocycles. The van der Waals surface area contributed by atoms with Crippen LogP contribution in [0.15, 0.2) is 24.3 Å². The van der Waals surface area contributed by atoms with Crippen molar-refractivity contribution < 1.29 is 4.39 Å². The third kappa shape index (κ3) is 2.19. The van der Waals surface area contributed by atoms with Gasteiger partial charge in [0.15, 0.2) is 0 Å². The van der Waals surface area contributed by atoms with E-state index in [0.717, 1.165) is 0 Å². The fraction of sp³-hybridized carbons (Fsp3) is 0. The predicted molar refractivity (Wildman–Crippen MR) is 57.7 cm³/mol. The van der Waals surface area contributed by atoms with Crippen LogP contribution in [0.4, 0.5) is 21.7 Å². The van der Waals surface area contributed by atoms with E-state index in [-0.39, 0.29) is 5.02 Å². The number of nitrogens with two attached hydrogens (primary N) is 1. The number of aromatic amines is 1. The first-order valence-corrected chi connectivity index (χ1v) is 4.56. The molecule has 0 fully saturated rings. The molecule has 1 heterocycles. The zero-order valence-corrected chi connectivity index (χ0v) is 8.35. The van der Waals surface area contributed by atoms with Gasteiger partial charge in [-0.3, -0.25) is 5.10 Å². The lowest BCUT2D eigenvalue weighted by Gasteiger charge is -2.03. The molecule has 4 nitrogen and oxygen atoms in total. The van der Waals surface area contributed by atoms with Crippen LogP contribution >= 0.6 is 11.6 Å². The average Bonchev–Trinajstić information content (AvgIpc) is 2.58. The number of anilines is 3. The summed E-state index contributed by atoms with van der Waals surface area (Å²) in [5, 5.41) is 9.41. The van der Waals surface area contributed by atoms with Gasteiger partial charge in [-0.25, -0.2) is 4.39 Å². The molecule has 1 aromatic carbocycles. The second kappa shape index (κ2) is 3.78. The Morgan fingerprint density at radius 1 is 1.40 bits per heavy atom. The van der Waals surface area contributed by atoms with Gasteiger partial charge < -0.3 is 11.1 Å². The monoisotopic (exact) mass is 226 g/mol. The van der Waals surface area contributed by atoms with Gasteiger partial charge in [-0.2, -0.15) is 5.10 Å². The van der Waals surface area contributed by atoms with Gasteiger partial charge >= 0.3 is 0 Å². The number of benzene rings is 1. The molecule has 78 valence electrons. The maximum Gasteiger partial charge on any atom is 0.147 e. The molecule has 0 atom stereocenters. The van der Waals surface area contributed by atoms with Crippen LogP contribution in [0.25, 0.3) is 0 Å². The van der Waals surface area contributed by atoms with E-state index in [2.05, 4.69) is 15.5 Å². The molecule has 0 radical (unpaired) electrons. The van der Waals surface area contributed by atoms with Crippen molar-refractivity contribution in [1.82, 2.24) is 10.2 Å². The molecule has 0 saturated heterocycles. The fourth-order valence-electron chi connectivity index (χ4n) is 1.13. The van der Waals surface area contributed by atoms with E-state index < -0.39 is 5.82 Å². The maximum absolute atomic E-state index is 12.8. The molecule has 0 aliphatic rings. The topological polar surface area (TPSA) is 66.7 Å². The van der Waals surface area contributed by atoms with Crippen LogP contribution in [0.1, 0.15) is 0 Å². The Labute approximate surface area is 90.2 Å². The number of aromatic nitrogens is 2. The third-order valence-corrected chi connectivity index (χ3v) is 2.09. The van der Waals surface area contributed by atoms with Gasteiger partial charge in [0.2, 0.25) is 0 Å². The van der Waals surface area contributed by atoms with Gasteiger partial charge in [-0.05, 0) is 18.2 Å². The van der Waals surface area contributed by atoms with E-state index >= 15 is 0 Å². The number of halogens is 2. The zero-order chi connectivity index (χ0) is 10.8. The van der Waals surface area contributed by atoms with Crippen LogP contribution in [0, 0.1) is 5.82 Å². The minimum absolute atomic E-state index is 0.0625. The van der Waals surface area contributed by atoms with Gasteiger partial charge in [-0.1, -0.05) is 11.6 Å². The standard InChI is InChI=1S/C9H8ClFN4/c10-6-3-5(1-2-7(6)11)13-9-4-8(12)14-15-9/h1-4H,(H4,12,13,14,15). The van der Waals surface area contributed by atoms with E-state index in [4.69, 9.17) is 17.3 Å². The summed E-state index contributed by atoms with van der Waals surface area (Å²) in [4.78, 5) is 0. The molecule has 1 aromatic heterocycles. The molecule has 4 N–H and O–H groups in total. The molecule has 0 unspecified atom stereocenters. The summed E-state index contributed by atoms with van der Waals surface area (Å²) in [7, 11) is 0. The summed E-state index contributed by atoms with van der Waals surface area (Å²) >= 11 is 5.62. The molecule has 0 bridgehead atoms. The highest BCUT2D eigenvalue weighted by Gasteiger charge is 2.02. The number of H-pyrrole nitrogens is 1. The van der Waals surface area contributed by atoms with E-state index in [1.807, 2.05) is 0 Å². The zero-order valence-electron chi connectivity index (χ0n) is 7.59. The van der Waals surface area contributed by atoms with Crippen molar-refractivity contribution in [1.29, 1.82) is 0 Å². The van der Waals surface area contributed by atoms with Gasteiger partial charge in [0.25, 0.3) is 0 Å². The Balaban J connectivity index is 2.21. The first-order valence-electron chi connectivity index (χ1n) is 4.18. The highest BCUT2D eigenvalue weighted by molar-refractivity contribution is 6.31. The minimum Gasteiger partial charge on any atom is -0.382 e. The lowest BCUT2D eigenvalue weighted by molar-refractivity contribution is 0.628. The fourth-order valence-corrected chi connectivity index (χ4v) is 1.31. The van der Waals surface area contributed by atoms with E-state index in [1.54, 1.807) is 12.1 Å². The number of nitrogens with zero attached hydrogens (tertiary/aromatic N) is 1. The van der Waals surface area contributed by atoms with Crippen molar-refractivity contribution in [3.63, 3.8) is 0 Å². The minimum atomic E-state index is -0.452. The Hall–Kier alpha value is -1.75. The molecular formula is C9H8ClFN4. The Kier molecular flexibility index (Phi) is 2.47. The summed E-state index contributed by atoms with van der Waals surface area (Å²) in [6.45, 7) is 0. The van der Waals surface area contributed by atoms with Crippen molar-refractivity contribution in [3.8, 4) is 0 Å². The van der Waals surface area contributed by atoms with Crippen LogP contribution < -0.4 is 11.1 Å². The Bertz CT molecular complexity index is 483. The van der Waals surface area contributed by atoms with Crippen molar-refractivity contribution in [3.05, 3.63) is 35.1 Å². The molecule has 0 aliphatic carbocycles. The van der Waals surface area contributed by atoms with Crippen LogP contribution in [-0.4, -0.2) is 10.2 Å². The summed E-state index contributed by atoms with van der Waals surface area (Å²) in [6, 6.07) is 5.95. The smallest absolute Gasteiger partial charge is 0.147 e. The van der Waals surface area contributed by atoms with Crippen molar-refractivity contribution in [2.45, 2.75) is 0 Å². The molecule has 15 heavy (non-hydrogen) atoms. The number of hydrogen-bond acceptors (Lipinski definition) is 3. The van der Waals surface area contributed by atoms with E-state index in [1.165, 1.54) is 12.1 Å². The molecule has 0 aliphatic heterocycles. The highest BCUT2D eigenvalue weighted by atomic mass is 35.5. The quantitative estimate of drug-likeness (QED) is 0.737. The van der Waals surface area contributed by atoms with Crippen molar-refractivity contribution in [2.24, 2.45) is 0 Å². The summed E-state index contributed by atoms with van der Waals surface area (Å²) < 4.78 is 12.8. The average molecular weight is 227 g/mol. The van der Waals surface area contributed by atoms with Crippen LogP contribution in [0.3, 0.4) is 0 Å². The number of hydrogen-bond donors (Lipinski definition) is 3. The Morgan fingerprint density at radius 3 is 2.80 bits per heavy atom. The molecule has 0 spiro atoms. The maximum atomic E-state index is 12.8. The third-order valence-electron chi connectivity index (χ3n) is 1.80. The molecule has 0 amide bonds. The lowest BCUT2D eigenvalue weighted by atomic mass is 10.3. The number of rotatable bonds is 2. The molecule has 2 aromatic rings. The van der Waals surface area contributed by atoms with E-state index in [9.17, 15) is 4.39 Å². The lowest BCUT2D eigenvalue weighted by Crippen LogP contribution is -1.91. The van der Waals surface area contributed by atoms with Gasteiger partial charge in [0.1, 0.15) is 17.5 Å². The first-order chi connectivity index (χ1) is 7.15. The predicted octanol–water partition coefficient (Wildman–Crippen LogP) is 2.53. The SMILES string of the molecule is Nc1cc(Nc2ccc(F)c(Cl)c2)[nH]n1. The van der Waals surface area contributed by atoms with Crippen molar-refractivity contribution >= 4 is 28.9 Å². The molecular weight excluding hydrogens is 219 g/mol. The van der Waals surface area contributed by atoms with E-state index in [0.29, 0.717) is 17.3 Å². The number of nitrogen functional groups attached to an aromatic ring is 1. The first kappa shape index (κ1) is 9.79. The molecule has 2 rings (SSSR count). The van der Waals surface area contributed by atoms with Crippen LogP contribution in [-0.2, 0) is 0 Å². The summed E-state index contributed by atoms with van der Waals surface area (Å²) in [5.41, 5.74) is 6.08.